The maximum atomic E-state index is 6.03. The summed E-state index contributed by atoms with van der Waals surface area (Å²) in [6.45, 7) is 9.82. The van der Waals surface area contributed by atoms with E-state index in [9.17, 15) is 0 Å². The first-order chi connectivity index (χ1) is 15.1. The van der Waals surface area contributed by atoms with Crippen LogP contribution < -0.4 is 10.1 Å². The van der Waals surface area contributed by atoms with Crippen LogP contribution in [0.15, 0.2) is 12.1 Å². The Hall–Kier alpha value is -1.89. The lowest BCUT2D eigenvalue weighted by atomic mass is 10.0. The number of anilines is 1. The van der Waals surface area contributed by atoms with Gasteiger partial charge in [-0.25, -0.2) is 0 Å². The fraction of sp³-hybridized carbons (Fsp3) is 0.640. The largest absolute Gasteiger partial charge is 0.496 e. The first-order valence-corrected chi connectivity index (χ1v) is 11.7. The third kappa shape index (κ3) is 5.13. The number of methoxy groups -OCH3 is 2. The Morgan fingerprint density at radius 3 is 2.74 bits per heavy atom. The van der Waals surface area contributed by atoms with E-state index in [1.54, 1.807) is 14.2 Å². The van der Waals surface area contributed by atoms with Crippen LogP contribution in [0.1, 0.15) is 43.5 Å². The van der Waals surface area contributed by atoms with Crippen molar-refractivity contribution in [1.82, 2.24) is 9.88 Å². The molecule has 0 spiro atoms. The van der Waals surface area contributed by atoms with Gasteiger partial charge in [0.2, 0.25) is 0 Å². The predicted molar refractivity (Wildman–Crippen MR) is 125 cm³/mol. The van der Waals surface area contributed by atoms with Crippen molar-refractivity contribution in [2.24, 2.45) is 5.92 Å². The topological polar surface area (TPSA) is 55.8 Å². The van der Waals surface area contributed by atoms with Gasteiger partial charge in [0.05, 0.1) is 32.4 Å². The minimum atomic E-state index is 0.218. The lowest BCUT2D eigenvalue weighted by Crippen LogP contribution is -2.24. The molecule has 2 heterocycles. The molecule has 2 unspecified atom stereocenters. The Morgan fingerprint density at radius 2 is 2.00 bits per heavy atom. The highest BCUT2D eigenvalue weighted by Gasteiger charge is 2.26. The quantitative estimate of drug-likeness (QED) is 0.578. The van der Waals surface area contributed by atoms with E-state index in [0.29, 0.717) is 19.1 Å². The molecule has 1 aromatic carbocycles. The van der Waals surface area contributed by atoms with Crippen LogP contribution in [-0.2, 0) is 28.9 Å². The maximum Gasteiger partial charge on any atom is 0.125 e. The van der Waals surface area contributed by atoms with Crippen LogP contribution in [0.25, 0.3) is 10.9 Å². The van der Waals surface area contributed by atoms with E-state index in [-0.39, 0.29) is 6.04 Å². The Labute approximate surface area is 186 Å². The minimum absolute atomic E-state index is 0.218. The SMILES string of the molecule is COCC(C)Nc1c2c(nc3cc(COCCN4CCCC4)c(OC)cc13)CC(C)C2. The van der Waals surface area contributed by atoms with E-state index in [4.69, 9.17) is 19.2 Å². The lowest BCUT2D eigenvalue weighted by molar-refractivity contribution is 0.0979. The van der Waals surface area contributed by atoms with E-state index in [1.807, 2.05) is 0 Å². The molecule has 2 atom stereocenters. The summed E-state index contributed by atoms with van der Waals surface area (Å²) >= 11 is 0. The number of pyridine rings is 1. The van der Waals surface area contributed by atoms with E-state index < -0.39 is 0 Å². The summed E-state index contributed by atoms with van der Waals surface area (Å²) in [4.78, 5) is 7.53. The second-order valence-corrected chi connectivity index (χ2v) is 9.21. The van der Waals surface area contributed by atoms with Crippen LogP contribution in [0, 0.1) is 5.92 Å². The molecule has 1 saturated heterocycles. The molecule has 1 N–H and O–H groups in total. The average Bonchev–Trinajstić information content (AvgIpc) is 3.39. The average molecular weight is 428 g/mol. The fourth-order valence-electron chi connectivity index (χ4n) is 4.95. The van der Waals surface area contributed by atoms with E-state index in [0.717, 1.165) is 48.2 Å². The van der Waals surface area contributed by atoms with Crippen molar-refractivity contribution in [3.63, 3.8) is 0 Å². The zero-order valence-corrected chi connectivity index (χ0v) is 19.5. The summed E-state index contributed by atoms with van der Waals surface area (Å²) in [5.41, 5.74) is 5.83. The number of likely N-dealkylation sites (tertiary alicyclic amines) is 1. The maximum absolute atomic E-state index is 6.03. The summed E-state index contributed by atoms with van der Waals surface area (Å²) in [6.07, 6.45) is 4.72. The molecule has 1 aromatic heterocycles. The standard InChI is InChI=1S/C25H37N3O3/c1-17-11-20-22(12-17)27-23-13-19(16-31-10-9-28-7-5-6-8-28)24(30-4)14-21(23)25(20)26-18(2)15-29-3/h13-14,17-18H,5-12,15-16H2,1-4H3,(H,26,27). The van der Waals surface area contributed by atoms with Crippen molar-refractivity contribution >= 4 is 16.6 Å². The molecule has 0 bridgehead atoms. The van der Waals surface area contributed by atoms with Gasteiger partial charge in [-0.15, -0.1) is 0 Å². The van der Waals surface area contributed by atoms with Crippen molar-refractivity contribution in [3.05, 3.63) is 29.0 Å². The molecule has 31 heavy (non-hydrogen) atoms. The van der Waals surface area contributed by atoms with E-state index in [1.165, 1.54) is 42.9 Å². The van der Waals surface area contributed by atoms with Gasteiger partial charge in [0.1, 0.15) is 5.75 Å². The minimum Gasteiger partial charge on any atom is -0.496 e. The van der Waals surface area contributed by atoms with Crippen molar-refractivity contribution in [3.8, 4) is 5.75 Å². The molecule has 2 aliphatic rings. The van der Waals surface area contributed by atoms with Crippen molar-refractivity contribution < 1.29 is 14.2 Å². The molecule has 170 valence electrons. The Morgan fingerprint density at radius 1 is 1.19 bits per heavy atom. The van der Waals surface area contributed by atoms with Gasteiger partial charge in [-0.2, -0.15) is 0 Å². The van der Waals surface area contributed by atoms with Gasteiger partial charge in [0.15, 0.2) is 0 Å². The highest BCUT2D eigenvalue weighted by Crippen LogP contribution is 2.39. The molecule has 1 aliphatic heterocycles. The van der Waals surface area contributed by atoms with Gasteiger partial charge in [-0.05, 0) is 69.3 Å². The monoisotopic (exact) mass is 427 g/mol. The summed E-state index contributed by atoms with van der Waals surface area (Å²) in [5, 5.41) is 4.82. The number of hydrogen-bond acceptors (Lipinski definition) is 6. The van der Waals surface area contributed by atoms with Gasteiger partial charge in [-0.1, -0.05) is 6.92 Å². The molecule has 0 amide bonds. The smallest absolute Gasteiger partial charge is 0.125 e. The number of fused-ring (bicyclic) bond motifs is 2. The van der Waals surface area contributed by atoms with Crippen LogP contribution in [0.3, 0.4) is 0 Å². The molecule has 4 rings (SSSR count). The van der Waals surface area contributed by atoms with Crippen LogP contribution in [0.2, 0.25) is 0 Å². The number of ether oxygens (including phenoxy) is 3. The van der Waals surface area contributed by atoms with Crippen LogP contribution in [-0.4, -0.2) is 63.0 Å². The summed E-state index contributed by atoms with van der Waals surface area (Å²) < 4.78 is 17.2. The predicted octanol–water partition coefficient (Wildman–Crippen LogP) is 4.04. The molecule has 2 aromatic rings. The number of aromatic nitrogens is 1. The Kier molecular flexibility index (Phi) is 7.31. The summed E-state index contributed by atoms with van der Waals surface area (Å²) in [7, 11) is 3.48. The van der Waals surface area contributed by atoms with E-state index in [2.05, 4.69) is 36.2 Å². The van der Waals surface area contributed by atoms with Gasteiger partial charge in [-0.3, -0.25) is 4.98 Å². The highest BCUT2D eigenvalue weighted by molar-refractivity contribution is 5.95. The molecule has 0 saturated carbocycles. The summed E-state index contributed by atoms with van der Waals surface area (Å²) in [6, 6.07) is 4.50. The van der Waals surface area contributed by atoms with E-state index >= 15 is 0 Å². The second kappa shape index (κ2) is 10.2. The molecule has 0 radical (unpaired) electrons. The number of benzene rings is 1. The van der Waals surface area contributed by atoms with Crippen LogP contribution in [0.5, 0.6) is 5.75 Å². The van der Waals surface area contributed by atoms with Gasteiger partial charge < -0.3 is 24.4 Å². The third-order valence-electron chi connectivity index (χ3n) is 6.48. The Balaban J connectivity index is 1.59. The van der Waals surface area contributed by atoms with Gasteiger partial charge in [0.25, 0.3) is 0 Å². The zero-order valence-electron chi connectivity index (χ0n) is 19.5. The number of nitrogens with one attached hydrogen (secondary N) is 1. The molecule has 6 heteroatoms. The highest BCUT2D eigenvalue weighted by atomic mass is 16.5. The summed E-state index contributed by atoms with van der Waals surface area (Å²) in [5.74, 6) is 1.48. The first-order valence-electron chi connectivity index (χ1n) is 11.7. The molecule has 6 nitrogen and oxygen atoms in total. The second-order valence-electron chi connectivity index (χ2n) is 9.21. The molecular formula is C25H37N3O3. The normalized spacial score (nSPS) is 19.7. The number of nitrogens with zero attached hydrogens (tertiary/aromatic N) is 2. The van der Waals surface area contributed by atoms with Crippen molar-refractivity contribution in [2.75, 3.05) is 52.4 Å². The number of rotatable bonds is 10. The zero-order chi connectivity index (χ0) is 21.8. The molecular weight excluding hydrogens is 390 g/mol. The van der Waals surface area contributed by atoms with Crippen molar-refractivity contribution in [2.45, 2.75) is 52.2 Å². The number of hydrogen-bond donors (Lipinski definition) is 1. The van der Waals surface area contributed by atoms with Gasteiger partial charge in [0, 0.05) is 42.0 Å². The molecule has 1 aliphatic carbocycles. The Bertz CT molecular complexity index is 895. The third-order valence-corrected chi connectivity index (χ3v) is 6.48. The van der Waals surface area contributed by atoms with Crippen LogP contribution >= 0.6 is 0 Å². The molecule has 1 fully saturated rings. The first kappa shape index (κ1) is 22.3. The van der Waals surface area contributed by atoms with Crippen LogP contribution in [0.4, 0.5) is 5.69 Å². The fourth-order valence-corrected chi connectivity index (χ4v) is 4.95. The van der Waals surface area contributed by atoms with Gasteiger partial charge >= 0.3 is 0 Å². The lowest BCUT2D eigenvalue weighted by Gasteiger charge is -2.21. The van der Waals surface area contributed by atoms with Crippen molar-refractivity contribution in [1.29, 1.82) is 0 Å².